The predicted molar refractivity (Wildman–Crippen MR) is 137 cm³/mol. The molecule has 3 aromatic carbocycles. The van der Waals surface area contributed by atoms with Crippen LogP contribution in [0.3, 0.4) is 0 Å². The van der Waals surface area contributed by atoms with Gasteiger partial charge in [0, 0.05) is 25.2 Å². The number of aryl methyl sites for hydroxylation is 1. The molecule has 0 atom stereocenters. The van der Waals surface area contributed by atoms with Crippen molar-refractivity contribution in [1.29, 1.82) is 0 Å². The summed E-state index contributed by atoms with van der Waals surface area (Å²) in [4.78, 5) is 2.33. The van der Waals surface area contributed by atoms with Gasteiger partial charge in [-0.15, -0.1) is 0 Å². The molecule has 0 aromatic heterocycles. The number of hydrogen-bond donors (Lipinski definition) is 0. The monoisotopic (exact) mass is 475 g/mol. The number of nitrogens with zero attached hydrogens (tertiary/aromatic N) is 1. The van der Waals surface area contributed by atoms with Gasteiger partial charge in [0.25, 0.3) is 6.43 Å². The largest absolute Gasteiger partial charge is 0.303 e. The molecule has 2 aliphatic rings. The van der Waals surface area contributed by atoms with Crippen molar-refractivity contribution in [3.05, 3.63) is 106 Å². The van der Waals surface area contributed by atoms with Crippen LogP contribution < -0.4 is 0 Å². The molecule has 1 aliphatic carbocycles. The van der Waals surface area contributed by atoms with E-state index in [0.717, 1.165) is 50.9 Å². The van der Waals surface area contributed by atoms with Crippen LogP contribution in [0, 0.1) is 5.92 Å². The number of hydrogen-bond acceptors (Lipinski definition) is 1. The fourth-order valence-electron chi connectivity index (χ4n) is 5.59. The van der Waals surface area contributed by atoms with Crippen molar-refractivity contribution < 1.29 is 13.2 Å². The Morgan fingerprint density at radius 3 is 2.26 bits per heavy atom. The van der Waals surface area contributed by atoms with Crippen molar-refractivity contribution in [3.8, 4) is 0 Å². The van der Waals surface area contributed by atoms with Gasteiger partial charge in [-0.05, 0) is 77.0 Å². The van der Waals surface area contributed by atoms with Crippen molar-refractivity contribution >= 4 is 11.1 Å². The molecule has 5 rings (SSSR count). The summed E-state index contributed by atoms with van der Waals surface area (Å²) in [6.45, 7) is 2.73. The zero-order valence-corrected chi connectivity index (χ0v) is 20.0. The van der Waals surface area contributed by atoms with E-state index in [-0.39, 0.29) is 12.2 Å². The highest BCUT2D eigenvalue weighted by Crippen LogP contribution is 2.40. The lowest BCUT2D eigenvalue weighted by molar-refractivity contribution is 0.0968. The van der Waals surface area contributed by atoms with Gasteiger partial charge in [-0.2, -0.15) is 0 Å². The second-order valence-corrected chi connectivity index (χ2v) is 9.86. The lowest BCUT2D eigenvalue weighted by Crippen LogP contribution is -2.47. The molecular weight excluding hydrogens is 443 g/mol. The van der Waals surface area contributed by atoms with Gasteiger partial charge < -0.3 is 4.90 Å². The van der Waals surface area contributed by atoms with Crippen LogP contribution >= 0.6 is 0 Å². The Morgan fingerprint density at radius 2 is 1.54 bits per heavy atom. The minimum atomic E-state index is -2.45. The van der Waals surface area contributed by atoms with E-state index in [1.165, 1.54) is 33.4 Å². The van der Waals surface area contributed by atoms with Gasteiger partial charge in [0.15, 0.2) is 0 Å². The molecule has 1 fully saturated rings. The maximum absolute atomic E-state index is 13.1. The lowest BCUT2D eigenvalue weighted by Gasteiger charge is -2.39. The van der Waals surface area contributed by atoms with E-state index >= 15 is 0 Å². The van der Waals surface area contributed by atoms with Gasteiger partial charge in [0.2, 0.25) is 0 Å². The second kappa shape index (κ2) is 10.8. The Labute approximate surface area is 206 Å². The summed E-state index contributed by atoms with van der Waals surface area (Å²) in [5.74, 6) is 0.641. The maximum Gasteiger partial charge on any atom is 0.263 e. The first-order chi connectivity index (χ1) is 17.1. The summed E-state index contributed by atoms with van der Waals surface area (Å²) in [6.07, 6.45) is 2.18. The molecule has 1 heterocycles. The van der Waals surface area contributed by atoms with Crippen LogP contribution in [-0.2, 0) is 12.8 Å². The van der Waals surface area contributed by atoms with E-state index in [1.807, 2.05) is 12.1 Å². The Balaban J connectivity index is 1.44. The third-order valence-corrected chi connectivity index (χ3v) is 7.38. The van der Waals surface area contributed by atoms with Crippen LogP contribution in [0.1, 0.15) is 59.1 Å². The minimum Gasteiger partial charge on any atom is -0.303 e. The van der Waals surface area contributed by atoms with E-state index in [2.05, 4.69) is 53.4 Å². The molecular formula is C31H32F3N. The van der Waals surface area contributed by atoms with Crippen molar-refractivity contribution in [2.45, 2.75) is 38.5 Å². The Kier molecular flexibility index (Phi) is 7.38. The first kappa shape index (κ1) is 23.9. The summed E-state index contributed by atoms with van der Waals surface area (Å²) in [7, 11) is 0. The highest BCUT2D eigenvalue weighted by Gasteiger charge is 2.26. The topological polar surface area (TPSA) is 3.24 Å². The van der Waals surface area contributed by atoms with Crippen LogP contribution in [-0.4, -0.2) is 31.2 Å². The summed E-state index contributed by atoms with van der Waals surface area (Å²) < 4.78 is 38.7. The molecule has 4 heteroatoms. The van der Waals surface area contributed by atoms with Gasteiger partial charge in [0.1, 0.15) is 0 Å². The fourth-order valence-corrected chi connectivity index (χ4v) is 5.59. The fraction of sp³-hybridized carbons (Fsp3) is 0.355. The molecule has 0 N–H and O–H groups in total. The number of benzene rings is 3. The molecule has 3 aromatic rings. The highest BCUT2D eigenvalue weighted by atomic mass is 19.3. The summed E-state index contributed by atoms with van der Waals surface area (Å²) in [5, 5.41) is 0. The second-order valence-electron chi connectivity index (χ2n) is 9.86. The van der Waals surface area contributed by atoms with Crippen molar-refractivity contribution in [3.63, 3.8) is 0 Å². The molecule has 0 bridgehead atoms. The highest BCUT2D eigenvalue weighted by molar-refractivity contribution is 5.99. The molecule has 35 heavy (non-hydrogen) atoms. The van der Waals surface area contributed by atoms with Gasteiger partial charge in [0.05, 0.1) is 6.67 Å². The van der Waals surface area contributed by atoms with Crippen LogP contribution in [0.2, 0.25) is 0 Å². The summed E-state index contributed by atoms with van der Waals surface area (Å²) >= 11 is 0. The molecule has 182 valence electrons. The van der Waals surface area contributed by atoms with Crippen LogP contribution in [0.5, 0.6) is 0 Å². The van der Waals surface area contributed by atoms with Crippen molar-refractivity contribution in [2.75, 3.05) is 26.3 Å². The van der Waals surface area contributed by atoms with Gasteiger partial charge >= 0.3 is 0 Å². The SMILES string of the molecule is FCCCN1CC(Cc2ccc(C3=C(c4ccc(C(F)F)cc4)CCCc4ccccc43)cc2)C1. The van der Waals surface area contributed by atoms with Crippen LogP contribution in [0.25, 0.3) is 11.1 Å². The smallest absolute Gasteiger partial charge is 0.263 e. The number of halogens is 3. The normalized spacial score (nSPS) is 16.8. The van der Waals surface area contributed by atoms with E-state index in [4.69, 9.17) is 0 Å². The summed E-state index contributed by atoms with van der Waals surface area (Å²) in [5.41, 5.74) is 8.62. The molecule has 0 saturated carbocycles. The molecule has 1 aliphatic heterocycles. The van der Waals surface area contributed by atoms with Crippen molar-refractivity contribution in [2.24, 2.45) is 5.92 Å². The Morgan fingerprint density at radius 1 is 0.829 bits per heavy atom. The molecule has 0 amide bonds. The predicted octanol–water partition coefficient (Wildman–Crippen LogP) is 7.75. The minimum absolute atomic E-state index is 0.0635. The number of rotatable bonds is 8. The Hall–Kier alpha value is -2.85. The van der Waals surface area contributed by atoms with Gasteiger partial charge in [-0.1, -0.05) is 72.8 Å². The number of fused-ring (bicyclic) bond motifs is 1. The average molecular weight is 476 g/mol. The number of allylic oxidation sites excluding steroid dienone is 1. The van der Waals surface area contributed by atoms with Crippen molar-refractivity contribution in [1.82, 2.24) is 4.90 Å². The Bertz CT molecular complexity index is 1160. The third-order valence-electron chi connectivity index (χ3n) is 7.38. The lowest BCUT2D eigenvalue weighted by atomic mass is 9.86. The number of alkyl halides is 3. The van der Waals surface area contributed by atoms with E-state index < -0.39 is 6.43 Å². The molecule has 1 nitrogen and oxygen atoms in total. The average Bonchev–Trinajstić information content (AvgIpc) is 3.05. The maximum atomic E-state index is 13.1. The summed E-state index contributed by atoms with van der Waals surface area (Å²) in [6, 6.07) is 24.3. The van der Waals surface area contributed by atoms with Crippen LogP contribution in [0.15, 0.2) is 72.8 Å². The molecule has 0 unspecified atom stereocenters. The molecule has 1 saturated heterocycles. The first-order valence-corrected chi connectivity index (χ1v) is 12.7. The number of likely N-dealkylation sites (tertiary alicyclic amines) is 1. The third kappa shape index (κ3) is 5.38. The molecule has 0 radical (unpaired) electrons. The first-order valence-electron chi connectivity index (χ1n) is 12.7. The van der Waals surface area contributed by atoms with Gasteiger partial charge in [-0.3, -0.25) is 4.39 Å². The molecule has 0 spiro atoms. The van der Waals surface area contributed by atoms with E-state index in [9.17, 15) is 13.2 Å². The van der Waals surface area contributed by atoms with E-state index in [1.54, 1.807) is 12.1 Å². The van der Waals surface area contributed by atoms with Crippen LogP contribution in [0.4, 0.5) is 13.2 Å². The van der Waals surface area contributed by atoms with Gasteiger partial charge in [-0.25, -0.2) is 8.78 Å². The van der Waals surface area contributed by atoms with E-state index in [0.29, 0.717) is 12.3 Å². The zero-order valence-electron chi connectivity index (χ0n) is 20.0. The standard InChI is InChI=1S/C31H32F3N/c32-17-4-18-35-20-23(21-35)19-22-9-11-26(12-10-22)30-28-7-2-1-5-24(28)6-3-8-29(30)25-13-15-27(16-14-25)31(33)34/h1-2,5,7,9-16,23,31H,3-4,6,8,17-21H2. The quantitative estimate of drug-likeness (QED) is 0.322. The zero-order chi connectivity index (χ0) is 24.2.